The molecule has 1 heterocycles. The highest BCUT2D eigenvalue weighted by Crippen LogP contribution is 2.20. The molecule has 1 aliphatic rings. The number of hydrogen-bond donors (Lipinski definition) is 0. The van der Waals surface area contributed by atoms with Crippen molar-refractivity contribution in [1.82, 2.24) is 4.90 Å². The molecule has 1 fully saturated rings. The third-order valence-electron chi connectivity index (χ3n) is 2.13. The standard InChI is InChI=1S/C6H12BF3N/c1-6-3-2-4-11(6)5-7(8,9)10/h6H,2-5H2,1H3/q-1. The zero-order valence-electron chi connectivity index (χ0n) is 6.56. The van der Waals surface area contributed by atoms with Crippen LogP contribution in [0, 0.1) is 0 Å². The van der Waals surface area contributed by atoms with Crippen LogP contribution in [0.3, 0.4) is 0 Å². The lowest BCUT2D eigenvalue weighted by Crippen LogP contribution is -2.39. The van der Waals surface area contributed by atoms with E-state index in [-0.39, 0.29) is 6.04 Å². The molecule has 0 amide bonds. The van der Waals surface area contributed by atoms with E-state index in [1.54, 1.807) is 0 Å². The predicted octanol–water partition coefficient (Wildman–Crippen LogP) is 1.86. The maximum absolute atomic E-state index is 11.9. The van der Waals surface area contributed by atoms with Gasteiger partial charge in [0.15, 0.2) is 0 Å². The first-order chi connectivity index (χ1) is 4.99. The molecule has 0 N–H and O–H groups in total. The Morgan fingerprint density at radius 2 is 2.09 bits per heavy atom. The summed E-state index contributed by atoms with van der Waals surface area (Å²) in [5, 5.41) is 0. The second kappa shape index (κ2) is 3.05. The summed E-state index contributed by atoms with van der Waals surface area (Å²) in [5.74, 6) is 0. The van der Waals surface area contributed by atoms with E-state index >= 15 is 0 Å². The molecule has 0 aromatic heterocycles. The first kappa shape index (κ1) is 8.91. The van der Waals surface area contributed by atoms with Gasteiger partial charge in [0.1, 0.15) is 0 Å². The van der Waals surface area contributed by atoms with Gasteiger partial charge in [-0.05, 0) is 32.8 Å². The summed E-state index contributed by atoms with van der Waals surface area (Å²) in [6.45, 7) is -2.15. The lowest BCUT2D eigenvalue weighted by Gasteiger charge is -2.26. The first-order valence-corrected chi connectivity index (χ1v) is 3.94. The summed E-state index contributed by atoms with van der Waals surface area (Å²) < 4.78 is 35.7. The topological polar surface area (TPSA) is 3.24 Å². The van der Waals surface area contributed by atoms with Gasteiger partial charge in [0, 0.05) is 6.04 Å². The molecule has 0 bridgehead atoms. The molecule has 0 aromatic carbocycles. The van der Waals surface area contributed by atoms with Crippen molar-refractivity contribution < 1.29 is 12.9 Å². The fourth-order valence-corrected chi connectivity index (χ4v) is 1.53. The Morgan fingerprint density at radius 3 is 2.45 bits per heavy atom. The van der Waals surface area contributed by atoms with Crippen molar-refractivity contribution in [3.05, 3.63) is 0 Å². The van der Waals surface area contributed by atoms with Gasteiger partial charge in [-0.1, -0.05) is 0 Å². The smallest absolute Gasteiger partial charge is 0.448 e. The Hall–Kier alpha value is -0.185. The maximum atomic E-state index is 11.9. The van der Waals surface area contributed by atoms with Gasteiger partial charge >= 0.3 is 6.98 Å². The van der Waals surface area contributed by atoms with Gasteiger partial charge in [-0.25, -0.2) is 0 Å². The van der Waals surface area contributed by atoms with E-state index in [1.165, 1.54) is 4.90 Å². The Labute approximate surface area is 64.6 Å². The fourth-order valence-electron chi connectivity index (χ4n) is 1.53. The molecule has 1 aliphatic heterocycles. The van der Waals surface area contributed by atoms with Crippen molar-refractivity contribution in [2.45, 2.75) is 25.8 Å². The third-order valence-corrected chi connectivity index (χ3v) is 2.13. The minimum Gasteiger partial charge on any atom is -0.448 e. The predicted molar refractivity (Wildman–Crippen MR) is 39.3 cm³/mol. The monoisotopic (exact) mass is 166 g/mol. The molecule has 0 aromatic rings. The number of halogens is 3. The van der Waals surface area contributed by atoms with E-state index in [1.807, 2.05) is 6.92 Å². The minimum absolute atomic E-state index is 0.124. The Bertz CT molecular complexity index is 136. The van der Waals surface area contributed by atoms with Crippen LogP contribution in [0.25, 0.3) is 0 Å². The number of rotatable bonds is 2. The molecule has 1 atom stereocenters. The van der Waals surface area contributed by atoms with Gasteiger partial charge < -0.3 is 17.8 Å². The van der Waals surface area contributed by atoms with E-state index in [0.717, 1.165) is 12.8 Å². The van der Waals surface area contributed by atoms with Crippen LogP contribution in [0.15, 0.2) is 0 Å². The molecule has 0 aliphatic carbocycles. The van der Waals surface area contributed by atoms with E-state index in [2.05, 4.69) is 0 Å². The molecule has 0 radical (unpaired) electrons. The van der Waals surface area contributed by atoms with Gasteiger partial charge in [0.25, 0.3) is 0 Å². The van der Waals surface area contributed by atoms with Crippen LogP contribution in [0.2, 0.25) is 0 Å². The number of nitrogens with zero attached hydrogens (tertiary/aromatic N) is 1. The molecular weight excluding hydrogens is 154 g/mol. The van der Waals surface area contributed by atoms with Gasteiger partial charge in [-0.3, -0.25) is 0 Å². The van der Waals surface area contributed by atoms with Crippen LogP contribution in [-0.2, 0) is 0 Å². The zero-order valence-corrected chi connectivity index (χ0v) is 6.56. The number of hydrogen-bond acceptors (Lipinski definition) is 1. The van der Waals surface area contributed by atoms with Crippen molar-refractivity contribution in [3.8, 4) is 0 Å². The highest BCUT2D eigenvalue weighted by molar-refractivity contribution is 6.58. The summed E-state index contributed by atoms with van der Waals surface area (Å²) in [4.78, 5) is 1.51. The average Bonchev–Trinajstić information content (AvgIpc) is 2.12. The lowest BCUT2D eigenvalue weighted by molar-refractivity contribution is 0.274. The van der Waals surface area contributed by atoms with Gasteiger partial charge in [-0.2, -0.15) is 0 Å². The van der Waals surface area contributed by atoms with Crippen LogP contribution in [0.5, 0.6) is 0 Å². The summed E-state index contributed by atoms with van der Waals surface area (Å²) in [6, 6.07) is 0.124. The van der Waals surface area contributed by atoms with E-state index in [4.69, 9.17) is 0 Å². The molecule has 1 unspecified atom stereocenters. The van der Waals surface area contributed by atoms with Gasteiger partial charge in [0.2, 0.25) is 0 Å². The molecule has 5 heteroatoms. The van der Waals surface area contributed by atoms with Crippen LogP contribution in [0.1, 0.15) is 19.8 Å². The second-order valence-electron chi connectivity index (χ2n) is 3.20. The molecule has 66 valence electrons. The van der Waals surface area contributed by atoms with Crippen LogP contribution in [0.4, 0.5) is 12.9 Å². The molecule has 11 heavy (non-hydrogen) atoms. The van der Waals surface area contributed by atoms with Crippen molar-refractivity contribution in [2.75, 3.05) is 13.0 Å². The fraction of sp³-hybridized carbons (Fsp3) is 1.00. The third kappa shape index (κ3) is 2.73. The van der Waals surface area contributed by atoms with Crippen molar-refractivity contribution in [3.63, 3.8) is 0 Å². The summed E-state index contributed by atoms with van der Waals surface area (Å²) in [7, 11) is 0. The molecule has 0 spiro atoms. The molecule has 1 nitrogen and oxygen atoms in total. The highest BCUT2D eigenvalue weighted by atomic mass is 19.4. The summed E-state index contributed by atoms with van der Waals surface area (Å²) in [5.41, 5.74) is 0. The first-order valence-electron chi connectivity index (χ1n) is 3.94. The SMILES string of the molecule is CC1CCCN1C[B-](F)(F)F. The highest BCUT2D eigenvalue weighted by Gasteiger charge is 2.30. The maximum Gasteiger partial charge on any atom is 0.492 e. The second-order valence-corrected chi connectivity index (χ2v) is 3.20. The zero-order chi connectivity index (χ0) is 8.48. The largest absolute Gasteiger partial charge is 0.492 e. The molecular formula is C6H12BF3N-. The average molecular weight is 166 g/mol. The molecule has 0 saturated carbocycles. The minimum atomic E-state index is -4.62. The summed E-state index contributed by atoms with van der Waals surface area (Å²) >= 11 is 0. The van der Waals surface area contributed by atoms with Crippen LogP contribution >= 0.6 is 0 Å². The van der Waals surface area contributed by atoms with Crippen LogP contribution < -0.4 is 0 Å². The number of likely N-dealkylation sites (tertiary alicyclic amines) is 1. The van der Waals surface area contributed by atoms with Gasteiger partial charge in [0.05, 0.1) is 0 Å². The van der Waals surface area contributed by atoms with Crippen molar-refractivity contribution >= 4 is 6.98 Å². The van der Waals surface area contributed by atoms with E-state index < -0.39 is 13.4 Å². The van der Waals surface area contributed by atoms with E-state index in [9.17, 15) is 12.9 Å². The van der Waals surface area contributed by atoms with E-state index in [0.29, 0.717) is 6.54 Å². The Balaban J connectivity index is 2.37. The van der Waals surface area contributed by atoms with Crippen molar-refractivity contribution in [2.24, 2.45) is 0 Å². The summed E-state index contributed by atoms with van der Waals surface area (Å²) in [6.07, 6.45) is 1.14. The Kier molecular flexibility index (Phi) is 2.47. The molecule has 1 rings (SSSR count). The lowest BCUT2D eigenvalue weighted by atomic mass is 9.91. The Morgan fingerprint density at radius 1 is 1.45 bits per heavy atom. The molecule has 1 saturated heterocycles. The van der Waals surface area contributed by atoms with Crippen molar-refractivity contribution in [1.29, 1.82) is 0 Å². The van der Waals surface area contributed by atoms with Gasteiger partial charge in [-0.15, -0.1) is 0 Å². The quantitative estimate of drug-likeness (QED) is 0.565. The van der Waals surface area contributed by atoms with Crippen LogP contribution in [-0.4, -0.2) is 30.9 Å². The normalized spacial score (nSPS) is 27.8.